The fraction of sp³-hybridized carbons (Fsp3) is 0.367. The second-order valence-electron chi connectivity index (χ2n) is 10.6. The summed E-state index contributed by atoms with van der Waals surface area (Å²) < 4.78 is 6.64. The van der Waals surface area contributed by atoms with Gasteiger partial charge in [-0.25, -0.2) is 4.79 Å². The average molecular weight is 565 g/mol. The van der Waals surface area contributed by atoms with Gasteiger partial charge in [-0.3, -0.25) is 14.7 Å². The highest BCUT2D eigenvalue weighted by molar-refractivity contribution is 9.10. The number of carbonyl (C=O) groups excluding carboxylic acids is 2. The number of benzene rings is 2. The number of carbonyl (C=O) groups is 2. The van der Waals surface area contributed by atoms with Gasteiger partial charge in [0.15, 0.2) is 0 Å². The first kappa shape index (κ1) is 26.9. The van der Waals surface area contributed by atoms with Crippen molar-refractivity contribution in [3.63, 3.8) is 0 Å². The van der Waals surface area contributed by atoms with Crippen LogP contribution in [0.15, 0.2) is 71.5 Å². The largest absolute Gasteiger partial charge is 0.443 e. The number of aromatic nitrogens is 1. The molecule has 0 aliphatic carbocycles. The zero-order chi connectivity index (χ0) is 26.6. The molecule has 0 N–H and O–H groups in total. The molecule has 1 aliphatic rings. The molecule has 3 aromatic rings. The molecule has 1 fully saturated rings. The molecule has 7 heteroatoms. The summed E-state index contributed by atoms with van der Waals surface area (Å²) in [7, 11) is 0. The first-order valence-electron chi connectivity index (χ1n) is 12.6. The summed E-state index contributed by atoms with van der Waals surface area (Å²) >= 11 is 3.45. The maximum atomic E-state index is 13.4. The maximum Gasteiger partial charge on any atom is 0.415 e. The van der Waals surface area contributed by atoms with E-state index < -0.39 is 11.7 Å². The number of halogens is 1. The number of amides is 2. The first-order valence-corrected chi connectivity index (χ1v) is 13.4. The molecule has 2 heterocycles. The average Bonchev–Trinajstić information content (AvgIpc) is 2.87. The molecular weight excluding hydrogens is 530 g/mol. The number of rotatable bonds is 5. The van der Waals surface area contributed by atoms with Crippen molar-refractivity contribution in [2.24, 2.45) is 0 Å². The third-order valence-corrected chi connectivity index (χ3v) is 6.97. The Balaban J connectivity index is 1.51. The Kier molecular flexibility index (Phi) is 8.32. The predicted octanol–water partition coefficient (Wildman–Crippen LogP) is 7.11. The van der Waals surface area contributed by atoms with Gasteiger partial charge in [0.2, 0.25) is 0 Å². The van der Waals surface area contributed by atoms with Crippen LogP contribution in [0.2, 0.25) is 0 Å². The first-order chi connectivity index (χ1) is 17.6. The van der Waals surface area contributed by atoms with E-state index in [1.165, 1.54) is 16.0 Å². The molecule has 1 aromatic heterocycles. The molecule has 37 heavy (non-hydrogen) atoms. The molecule has 1 aliphatic heterocycles. The topological polar surface area (TPSA) is 62.7 Å². The van der Waals surface area contributed by atoms with Gasteiger partial charge >= 0.3 is 6.09 Å². The molecule has 0 saturated carbocycles. The van der Waals surface area contributed by atoms with Gasteiger partial charge in [-0.2, -0.15) is 0 Å². The molecule has 0 spiro atoms. The number of aryl methyl sites for hydroxylation is 1. The second kappa shape index (κ2) is 11.5. The van der Waals surface area contributed by atoms with Crippen molar-refractivity contribution in [2.75, 3.05) is 18.0 Å². The van der Waals surface area contributed by atoms with Gasteiger partial charge in [0.05, 0.1) is 24.0 Å². The molecule has 2 aromatic carbocycles. The SMILES string of the molecule is Cc1cccc(C2CCN(C(=O)c3cncc(N(Cc4ccc(Br)cc4)C(=O)OC(C)(C)C)c3)CC2)c1. The Morgan fingerprint density at radius 2 is 1.76 bits per heavy atom. The molecule has 0 bridgehead atoms. The fourth-order valence-corrected chi connectivity index (χ4v) is 4.83. The van der Waals surface area contributed by atoms with Crippen LogP contribution in [0.5, 0.6) is 0 Å². The molecular formula is C30H34BrN3O3. The summed E-state index contributed by atoms with van der Waals surface area (Å²) in [6, 6.07) is 18.1. The highest BCUT2D eigenvalue weighted by Crippen LogP contribution is 2.30. The fourth-order valence-electron chi connectivity index (χ4n) is 4.57. The minimum absolute atomic E-state index is 0.0650. The third kappa shape index (κ3) is 7.19. The molecule has 2 amide bonds. The van der Waals surface area contributed by atoms with Gasteiger partial charge in [-0.05, 0) is 75.8 Å². The van der Waals surface area contributed by atoms with Crippen LogP contribution < -0.4 is 4.90 Å². The number of likely N-dealkylation sites (tertiary alicyclic amines) is 1. The summed E-state index contributed by atoms with van der Waals surface area (Å²) in [5.74, 6) is 0.395. The van der Waals surface area contributed by atoms with Crippen LogP contribution in [0, 0.1) is 6.92 Å². The molecule has 6 nitrogen and oxygen atoms in total. The smallest absolute Gasteiger partial charge is 0.415 e. The van der Waals surface area contributed by atoms with E-state index in [1.54, 1.807) is 18.5 Å². The highest BCUT2D eigenvalue weighted by atomic mass is 79.9. The monoisotopic (exact) mass is 563 g/mol. The van der Waals surface area contributed by atoms with E-state index in [0.29, 0.717) is 36.8 Å². The standard InChI is InChI=1S/C30H34BrN3O3/c1-21-6-5-7-24(16-21)23-12-14-33(15-13-23)28(35)25-17-27(19-32-18-25)34(29(36)37-30(2,3)4)20-22-8-10-26(31)11-9-22/h5-11,16-19,23H,12-15,20H2,1-4H3. The number of anilines is 1. The van der Waals surface area contributed by atoms with Gasteiger partial charge in [-0.1, -0.05) is 57.9 Å². The van der Waals surface area contributed by atoms with Crippen LogP contribution in [0.1, 0.15) is 66.6 Å². The van der Waals surface area contributed by atoms with Crippen LogP contribution in [0.4, 0.5) is 10.5 Å². The van der Waals surface area contributed by atoms with Crippen molar-refractivity contribution < 1.29 is 14.3 Å². The van der Waals surface area contributed by atoms with Crippen LogP contribution in [-0.4, -0.2) is 40.6 Å². The Morgan fingerprint density at radius 3 is 2.41 bits per heavy atom. The zero-order valence-corrected chi connectivity index (χ0v) is 23.5. The molecule has 0 radical (unpaired) electrons. The van der Waals surface area contributed by atoms with Gasteiger partial charge in [0.1, 0.15) is 5.60 Å². The highest BCUT2D eigenvalue weighted by Gasteiger charge is 2.27. The number of hydrogen-bond acceptors (Lipinski definition) is 4. The van der Waals surface area contributed by atoms with E-state index in [1.807, 2.05) is 49.9 Å². The Bertz CT molecular complexity index is 1250. The number of piperidine rings is 1. The molecule has 4 rings (SSSR count). The van der Waals surface area contributed by atoms with Crippen molar-refractivity contribution in [2.45, 2.75) is 58.6 Å². The van der Waals surface area contributed by atoms with Crippen molar-refractivity contribution in [3.05, 3.63) is 93.7 Å². The van der Waals surface area contributed by atoms with Crippen molar-refractivity contribution in [3.8, 4) is 0 Å². The van der Waals surface area contributed by atoms with Gasteiger partial charge in [0, 0.05) is 23.8 Å². The van der Waals surface area contributed by atoms with E-state index in [-0.39, 0.29) is 5.91 Å². The van der Waals surface area contributed by atoms with E-state index >= 15 is 0 Å². The number of ether oxygens (including phenoxy) is 1. The number of pyridine rings is 1. The quantitative estimate of drug-likeness (QED) is 0.331. The molecule has 0 unspecified atom stereocenters. The second-order valence-corrected chi connectivity index (χ2v) is 11.5. The van der Waals surface area contributed by atoms with E-state index in [4.69, 9.17) is 4.74 Å². The van der Waals surface area contributed by atoms with Gasteiger partial charge in [-0.15, -0.1) is 0 Å². The maximum absolute atomic E-state index is 13.4. The minimum atomic E-state index is -0.655. The van der Waals surface area contributed by atoms with E-state index in [0.717, 1.165) is 22.9 Å². The summed E-state index contributed by atoms with van der Waals surface area (Å²) in [6.45, 7) is 9.29. The normalized spacial score (nSPS) is 14.4. The zero-order valence-electron chi connectivity index (χ0n) is 21.9. The lowest BCUT2D eigenvalue weighted by molar-refractivity contribution is 0.0576. The van der Waals surface area contributed by atoms with E-state index in [2.05, 4.69) is 52.1 Å². The van der Waals surface area contributed by atoms with Crippen molar-refractivity contribution in [1.82, 2.24) is 9.88 Å². The predicted molar refractivity (Wildman–Crippen MR) is 150 cm³/mol. The summed E-state index contributed by atoms with van der Waals surface area (Å²) in [5.41, 5.74) is 3.88. The van der Waals surface area contributed by atoms with Crippen LogP contribution in [-0.2, 0) is 11.3 Å². The lowest BCUT2D eigenvalue weighted by Crippen LogP contribution is -2.38. The minimum Gasteiger partial charge on any atom is -0.443 e. The Labute approximate surface area is 227 Å². The lowest BCUT2D eigenvalue weighted by atomic mass is 9.88. The number of nitrogens with zero attached hydrogens (tertiary/aromatic N) is 3. The van der Waals surface area contributed by atoms with Gasteiger partial charge in [0.25, 0.3) is 5.91 Å². The van der Waals surface area contributed by atoms with Crippen LogP contribution in [0.3, 0.4) is 0 Å². The van der Waals surface area contributed by atoms with Crippen LogP contribution in [0.25, 0.3) is 0 Å². The summed E-state index contributed by atoms with van der Waals surface area (Å²) in [4.78, 5) is 34.3. The Morgan fingerprint density at radius 1 is 1.05 bits per heavy atom. The Hall–Kier alpha value is -3.19. The molecule has 0 atom stereocenters. The van der Waals surface area contributed by atoms with Crippen LogP contribution >= 0.6 is 15.9 Å². The third-order valence-electron chi connectivity index (χ3n) is 6.45. The molecule has 1 saturated heterocycles. The summed E-state index contributed by atoms with van der Waals surface area (Å²) in [5, 5.41) is 0. The number of hydrogen-bond donors (Lipinski definition) is 0. The lowest BCUT2D eigenvalue weighted by Gasteiger charge is -2.32. The molecule has 194 valence electrons. The van der Waals surface area contributed by atoms with E-state index in [9.17, 15) is 9.59 Å². The van der Waals surface area contributed by atoms with Crippen molar-refractivity contribution >= 4 is 33.6 Å². The summed E-state index contributed by atoms with van der Waals surface area (Å²) in [6.07, 6.45) is 4.54. The van der Waals surface area contributed by atoms with Gasteiger partial charge < -0.3 is 9.64 Å². The van der Waals surface area contributed by atoms with Crippen molar-refractivity contribution in [1.29, 1.82) is 0 Å².